The highest BCUT2D eigenvalue weighted by Gasteiger charge is 2.12. The van der Waals surface area contributed by atoms with Crippen molar-refractivity contribution in [3.05, 3.63) is 18.2 Å². The number of rotatable bonds is 4. The minimum atomic E-state index is -3.28. The quantitative estimate of drug-likeness (QED) is 0.734. The van der Waals surface area contributed by atoms with Crippen LogP contribution < -0.4 is 10.6 Å². The summed E-state index contributed by atoms with van der Waals surface area (Å²) in [5.74, 6) is 0. The molecule has 0 aliphatic carbocycles. The highest BCUT2D eigenvalue weighted by atomic mass is 32.2. The van der Waals surface area contributed by atoms with Crippen LogP contribution in [-0.2, 0) is 9.84 Å². The van der Waals surface area contributed by atoms with E-state index < -0.39 is 9.84 Å². The summed E-state index contributed by atoms with van der Waals surface area (Å²) in [7, 11) is -1.48. The van der Waals surface area contributed by atoms with Gasteiger partial charge in [-0.2, -0.15) is 0 Å². The molecule has 1 aromatic rings. The third-order valence-corrected chi connectivity index (χ3v) is 3.44. The van der Waals surface area contributed by atoms with E-state index in [4.69, 9.17) is 10.8 Å². The maximum absolute atomic E-state index is 11.3. The Bertz CT molecular complexity index is 471. The van der Waals surface area contributed by atoms with Crippen molar-refractivity contribution in [3.8, 4) is 0 Å². The van der Waals surface area contributed by atoms with E-state index >= 15 is 0 Å². The summed E-state index contributed by atoms with van der Waals surface area (Å²) in [6.07, 6.45) is 1.12. The zero-order valence-electron chi connectivity index (χ0n) is 9.34. The van der Waals surface area contributed by atoms with Crippen molar-refractivity contribution in [2.24, 2.45) is 0 Å². The first kappa shape index (κ1) is 12.8. The maximum atomic E-state index is 11.3. The molecule has 0 unspecified atom stereocenters. The monoisotopic (exact) mass is 244 g/mol. The van der Waals surface area contributed by atoms with Gasteiger partial charge in [-0.1, -0.05) is 0 Å². The summed E-state index contributed by atoms with van der Waals surface area (Å²) >= 11 is 0. The third-order valence-electron chi connectivity index (χ3n) is 2.27. The van der Waals surface area contributed by atoms with E-state index in [1.54, 1.807) is 24.1 Å². The van der Waals surface area contributed by atoms with Crippen LogP contribution in [0, 0.1) is 0 Å². The molecule has 5 nitrogen and oxygen atoms in total. The van der Waals surface area contributed by atoms with Crippen LogP contribution in [0.3, 0.4) is 0 Å². The molecule has 1 aromatic carbocycles. The molecule has 0 fully saturated rings. The number of benzene rings is 1. The molecule has 0 aliphatic heterocycles. The zero-order valence-corrected chi connectivity index (χ0v) is 10.2. The summed E-state index contributed by atoms with van der Waals surface area (Å²) < 4.78 is 22.7. The first-order valence-electron chi connectivity index (χ1n) is 4.78. The number of likely N-dealkylation sites (N-methyl/N-ethyl adjacent to an activating group) is 1. The average molecular weight is 244 g/mol. The fraction of sp³-hybridized carbons (Fsp3) is 0.400. The van der Waals surface area contributed by atoms with Gasteiger partial charge in [0.25, 0.3) is 0 Å². The molecule has 0 heterocycles. The second-order valence-corrected chi connectivity index (χ2v) is 5.62. The number of aliphatic hydroxyl groups is 1. The SMILES string of the molecule is CN(CCO)c1ccc(S(C)(=O)=O)c(N)c1. The summed E-state index contributed by atoms with van der Waals surface area (Å²) in [6.45, 7) is 0.502. The molecule has 6 heteroatoms. The van der Waals surface area contributed by atoms with Gasteiger partial charge in [0.15, 0.2) is 9.84 Å². The molecule has 0 aliphatic rings. The summed E-state index contributed by atoms with van der Waals surface area (Å²) in [5.41, 5.74) is 6.68. The van der Waals surface area contributed by atoms with E-state index in [2.05, 4.69) is 0 Å². The molecule has 0 bridgehead atoms. The molecule has 0 spiro atoms. The van der Waals surface area contributed by atoms with Gasteiger partial charge in [0.05, 0.1) is 17.2 Å². The molecule has 90 valence electrons. The maximum Gasteiger partial charge on any atom is 0.177 e. The standard InChI is InChI=1S/C10H16N2O3S/c1-12(5-6-13)8-3-4-10(9(11)7-8)16(2,14)15/h3-4,7,13H,5-6,11H2,1-2H3. The summed E-state index contributed by atoms with van der Waals surface area (Å²) in [6, 6.07) is 4.74. The van der Waals surface area contributed by atoms with Crippen LogP contribution in [0.25, 0.3) is 0 Å². The number of anilines is 2. The number of nitrogen functional groups attached to an aromatic ring is 1. The predicted octanol–water partition coefficient (Wildman–Crippen LogP) is 0.101. The Hall–Kier alpha value is -1.27. The summed E-state index contributed by atoms with van der Waals surface area (Å²) in [4.78, 5) is 1.93. The highest BCUT2D eigenvalue weighted by molar-refractivity contribution is 7.90. The molecule has 0 radical (unpaired) electrons. The fourth-order valence-corrected chi connectivity index (χ4v) is 2.19. The van der Waals surface area contributed by atoms with Crippen LogP contribution in [0.1, 0.15) is 0 Å². The van der Waals surface area contributed by atoms with Crippen molar-refractivity contribution in [1.82, 2.24) is 0 Å². The Morgan fingerprint density at radius 3 is 2.50 bits per heavy atom. The average Bonchev–Trinajstić information content (AvgIpc) is 2.16. The lowest BCUT2D eigenvalue weighted by molar-refractivity contribution is 0.304. The van der Waals surface area contributed by atoms with Crippen molar-refractivity contribution in [2.45, 2.75) is 4.90 Å². The Morgan fingerprint density at radius 2 is 2.06 bits per heavy atom. The smallest absolute Gasteiger partial charge is 0.177 e. The highest BCUT2D eigenvalue weighted by Crippen LogP contribution is 2.24. The van der Waals surface area contributed by atoms with Gasteiger partial charge in [0.2, 0.25) is 0 Å². The van der Waals surface area contributed by atoms with Crippen LogP contribution in [0.2, 0.25) is 0 Å². The van der Waals surface area contributed by atoms with Gasteiger partial charge in [0.1, 0.15) is 0 Å². The molecule has 1 rings (SSSR count). The van der Waals surface area contributed by atoms with Crippen molar-refractivity contribution in [3.63, 3.8) is 0 Å². The lowest BCUT2D eigenvalue weighted by Gasteiger charge is -2.18. The molecule has 0 saturated carbocycles. The number of nitrogens with zero attached hydrogens (tertiary/aromatic N) is 1. The van der Waals surface area contributed by atoms with Crippen LogP contribution in [-0.4, -0.2) is 40.0 Å². The van der Waals surface area contributed by atoms with Crippen molar-refractivity contribution in [2.75, 3.05) is 37.1 Å². The normalized spacial score (nSPS) is 11.4. The number of nitrogens with two attached hydrogens (primary N) is 1. The fourth-order valence-electron chi connectivity index (χ4n) is 1.39. The Balaban J connectivity index is 3.09. The molecule has 3 N–H and O–H groups in total. The molecule has 0 amide bonds. The van der Waals surface area contributed by atoms with E-state index in [1.807, 2.05) is 0 Å². The third kappa shape index (κ3) is 2.86. The van der Waals surface area contributed by atoms with E-state index in [0.29, 0.717) is 6.54 Å². The second-order valence-electron chi connectivity index (χ2n) is 3.64. The Morgan fingerprint density at radius 1 is 1.44 bits per heavy atom. The molecular weight excluding hydrogens is 228 g/mol. The van der Waals surface area contributed by atoms with Gasteiger partial charge in [-0.15, -0.1) is 0 Å². The van der Waals surface area contributed by atoms with Crippen molar-refractivity contribution >= 4 is 21.2 Å². The van der Waals surface area contributed by atoms with E-state index in [-0.39, 0.29) is 17.2 Å². The van der Waals surface area contributed by atoms with Gasteiger partial charge < -0.3 is 15.7 Å². The van der Waals surface area contributed by atoms with E-state index in [9.17, 15) is 8.42 Å². The van der Waals surface area contributed by atoms with Gasteiger partial charge in [-0.05, 0) is 18.2 Å². The number of hydrogen-bond acceptors (Lipinski definition) is 5. The first-order valence-corrected chi connectivity index (χ1v) is 6.67. The minimum Gasteiger partial charge on any atom is -0.398 e. The Labute approximate surface area is 95.4 Å². The first-order chi connectivity index (χ1) is 7.36. The molecule has 0 saturated heterocycles. The number of sulfone groups is 1. The summed E-state index contributed by atoms with van der Waals surface area (Å²) in [5, 5.41) is 8.78. The number of hydrogen-bond donors (Lipinski definition) is 2. The number of aliphatic hydroxyl groups excluding tert-OH is 1. The van der Waals surface area contributed by atoms with Gasteiger partial charge in [0, 0.05) is 25.5 Å². The lowest BCUT2D eigenvalue weighted by atomic mass is 10.2. The minimum absolute atomic E-state index is 0.0320. The van der Waals surface area contributed by atoms with E-state index in [0.717, 1.165) is 11.9 Å². The molecule has 16 heavy (non-hydrogen) atoms. The molecule has 0 aromatic heterocycles. The second kappa shape index (κ2) is 4.71. The molecule has 0 atom stereocenters. The Kier molecular flexibility index (Phi) is 3.77. The van der Waals surface area contributed by atoms with Gasteiger partial charge >= 0.3 is 0 Å². The van der Waals surface area contributed by atoms with Crippen LogP contribution in [0.4, 0.5) is 11.4 Å². The predicted molar refractivity (Wildman–Crippen MR) is 64.3 cm³/mol. The topological polar surface area (TPSA) is 83.6 Å². The van der Waals surface area contributed by atoms with Gasteiger partial charge in [-0.3, -0.25) is 0 Å². The van der Waals surface area contributed by atoms with Gasteiger partial charge in [-0.25, -0.2) is 8.42 Å². The zero-order chi connectivity index (χ0) is 12.3. The van der Waals surface area contributed by atoms with Crippen LogP contribution in [0.5, 0.6) is 0 Å². The van der Waals surface area contributed by atoms with Crippen molar-refractivity contribution in [1.29, 1.82) is 0 Å². The lowest BCUT2D eigenvalue weighted by Crippen LogP contribution is -2.21. The van der Waals surface area contributed by atoms with E-state index in [1.165, 1.54) is 6.07 Å². The van der Waals surface area contributed by atoms with Crippen LogP contribution in [0.15, 0.2) is 23.1 Å². The van der Waals surface area contributed by atoms with Crippen LogP contribution >= 0.6 is 0 Å². The molecular formula is C10H16N2O3S. The largest absolute Gasteiger partial charge is 0.398 e. The van der Waals surface area contributed by atoms with Crippen molar-refractivity contribution < 1.29 is 13.5 Å².